The zero-order valence-electron chi connectivity index (χ0n) is 11.7. The molecule has 1 aromatic heterocycles. The lowest BCUT2D eigenvalue weighted by Crippen LogP contribution is -2.41. The second-order valence-corrected chi connectivity index (χ2v) is 5.25. The van der Waals surface area contributed by atoms with E-state index in [4.69, 9.17) is 5.11 Å². The van der Waals surface area contributed by atoms with Crippen LogP contribution in [0, 0.1) is 16.0 Å². The fourth-order valence-corrected chi connectivity index (χ4v) is 2.72. The van der Waals surface area contributed by atoms with Crippen molar-refractivity contribution in [3.05, 3.63) is 27.9 Å². The van der Waals surface area contributed by atoms with Gasteiger partial charge in [-0.1, -0.05) is 0 Å². The van der Waals surface area contributed by atoms with Crippen molar-refractivity contribution < 1.29 is 19.6 Å². The van der Waals surface area contributed by atoms with Crippen LogP contribution in [0.3, 0.4) is 0 Å². The van der Waals surface area contributed by atoms with Crippen molar-refractivity contribution in [2.75, 3.05) is 13.1 Å². The number of carboxylic acid groups (broad SMARTS) is 1. The lowest BCUT2D eigenvalue weighted by Gasteiger charge is -2.31. The molecule has 0 radical (unpaired) electrons. The Labute approximate surface area is 121 Å². The number of carbonyl (C=O) groups excluding carboxylic acids is 1. The summed E-state index contributed by atoms with van der Waals surface area (Å²) in [7, 11) is 1.48. The van der Waals surface area contributed by atoms with Crippen LogP contribution in [0.4, 0.5) is 5.82 Å². The predicted molar refractivity (Wildman–Crippen MR) is 72.9 cm³/mol. The number of hydrogen-bond donors (Lipinski definition) is 1. The third-order valence-electron chi connectivity index (χ3n) is 3.77. The Morgan fingerprint density at radius 3 is 2.76 bits per heavy atom. The molecule has 1 amide bonds. The molecule has 8 heteroatoms. The number of amides is 1. The van der Waals surface area contributed by atoms with E-state index >= 15 is 0 Å². The molecule has 8 nitrogen and oxygen atoms in total. The molecule has 0 bridgehead atoms. The van der Waals surface area contributed by atoms with Gasteiger partial charge in [-0.2, -0.15) is 0 Å². The number of carbonyl (C=O) groups is 2. The number of aromatic nitrogens is 1. The maximum absolute atomic E-state index is 12.4. The molecule has 1 saturated heterocycles. The molecule has 1 fully saturated rings. The Morgan fingerprint density at radius 1 is 1.48 bits per heavy atom. The summed E-state index contributed by atoms with van der Waals surface area (Å²) in [6.07, 6.45) is 1.57. The predicted octanol–water partition coefficient (Wildman–Crippen LogP) is 1.26. The minimum atomic E-state index is -0.871. The Hall–Kier alpha value is -2.38. The summed E-state index contributed by atoms with van der Waals surface area (Å²) in [5.41, 5.74) is 0.248. The highest BCUT2D eigenvalue weighted by atomic mass is 16.6. The molecule has 2 heterocycles. The number of nitro groups is 1. The average molecular weight is 295 g/mol. The van der Waals surface area contributed by atoms with Gasteiger partial charge in [-0.05, 0) is 29.7 Å². The van der Waals surface area contributed by atoms with E-state index in [2.05, 4.69) is 0 Å². The van der Waals surface area contributed by atoms with E-state index in [0.717, 1.165) is 12.8 Å². The van der Waals surface area contributed by atoms with Crippen molar-refractivity contribution in [2.24, 2.45) is 13.0 Å². The largest absolute Gasteiger partial charge is 0.481 e. The van der Waals surface area contributed by atoms with Crippen LogP contribution < -0.4 is 0 Å². The first kappa shape index (κ1) is 15.0. The molecular weight excluding hydrogens is 278 g/mol. The van der Waals surface area contributed by atoms with Crippen molar-refractivity contribution in [1.29, 1.82) is 0 Å². The summed E-state index contributed by atoms with van der Waals surface area (Å²) in [6, 6.07) is 2.73. The van der Waals surface area contributed by atoms with Crippen molar-refractivity contribution in [2.45, 2.75) is 19.3 Å². The van der Waals surface area contributed by atoms with Crippen molar-refractivity contribution in [3.63, 3.8) is 0 Å². The van der Waals surface area contributed by atoms with E-state index in [-0.39, 0.29) is 29.8 Å². The van der Waals surface area contributed by atoms with Gasteiger partial charge < -0.3 is 20.1 Å². The molecule has 21 heavy (non-hydrogen) atoms. The third kappa shape index (κ3) is 3.21. The third-order valence-corrected chi connectivity index (χ3v) is 3.77. The summed E-state index contributed by atoms with van der Waals surface area (Å²) in [5.74, 6) is -1.36. The van der Waals surface area contributed by atoms with Crippen LogP contribution in [0.25, 0.3) is 0 Å². The highest BCUT2D eigenvalue weighted by Crippen LogP contribution is 2.23. The minimum absolute atomic E-state index is 0.0388. The highest BCUT2D eigenvalue weighted by molar-refractivity contribution is 5.93. The monoisotopic (exact) mass is 295 g/mol. The van der Waals surface area contributed by atoms with E-state index < -0.39 is 10.9 Å². The summed E-state index contributed by atoms with van der Waals surface area (Å²) < 4.78 is 1.25. The summed E-state index contributed by atoms with van der Waals surface area (Å²) in [6.45, 7) is 0.929. The molecule has 0 spiro atoms. The smallest absolute Gasteiger partial charge is 0.323 e. The summed E-state index contributed by atoms with van der Waals surface area (Å²) in [5, 5.41) is 19.6. The number of carboxylic acids is 1. The lowest BCUT2D eigenvalue weighted by molar-refractivity contribution is -0.391. The van der Waals surface area contributed by atoms with Gasteiger partial charge in [0.2, 0.25) is 0 Å². The van der Waals surface area contributed by atoms with Crippen LogP contribution >= 0.6 is 0 Å². The van der Waals surface area contributed by atoms with Crippen molar-refractivity contribution in [3.8, 4) is 0 Å². The molecular formula is C13H17N3O5. The van der Waals surface area contributed by atoms with E-state index in [1.807, 2.05) is 0 Å². The standard InChI is InChI=1S/C13H17N3O5/c1-14-10(4-5-11(14)16(20)21)13(19)15-6-2-3-9(8-15)7-12(17)18/h4-5,9H,2-3,6-8H2,1H3,(H,17,18). The van der Waals surface area contributed by atoms with Gasteiger partial charge in [-0.15, -0.1) is 0 Å². The van der Waals surface area contributed by atoms with Gasteiger partial charge in [0.1, 0.15) is 0 Å². The van der Waals surface area contributed by atoms with E-state index in [1.54, 1.807) is 4.90 Å². The minimum Gasteiger partial charge on any atom is -0.481 e. The van der Waals surface area contributed by atoms with Crippen LogP contribution in [0.1, 0.15) is 29.8 Å². The van der Waals surface area contributed by atoms with Crippen LogP contribution in [-0.4, -0.2) is 44.5 Å². The van der Waals surface area contributed by atoms with Crippen LogP contribution in [-0.2, 0) is 11.8 Å². The maximum atomic E-state index is 12.4. The second-order valence-electron chi connectivity index (χ2n) is 5.25. The highest BCUT2D eigenvalue weighted by Gasteiger charge is 2.29. The summed E-state index contributed by atoms with van der Waals surface area (Å²) >= 11 is 0. The summed E-state index contributed by atoms with van der Waals surface area (Å²) in [4.78, 5) is 35.0. The average Bonchev–Trinajstić information content (AvgIpc) is 2.79. The van der Waals surface area contributed by atoms with Gasteiger partial charge in [0, 0.05) is 25.6 Å². The topological polar surface area (TPSA) is 106 Å². The van der Waals surface area contributed by atoms with Gasteiger partial charge >= 0.3 is 11.8 Å². The fourth-order valence-electron chi connectivity index (χ4n) is 2.72. The van der Waals surface area contributed by atoms with Crippen molar-refractivity contribution >= 4 is 17.7 Å². The number of piperidine rings is 1. The number of rotatable bonds is 4. The van der Waals surface area contributed by atoms with Gasteiger partial charge in [0.25, 0.3) is 5.91 Å². The Bertz CT molecular complexity index is 580. The molecule has 1 aliphatic heterocycles. The second kappa shape index (κ2) is 5.94. The van der Waals surface area contributed by atoms with Crippen LogP contribution in [0.5, 0.6) is 0 Å². The first-order chi connectivity index (χ1) is 9.90. The van der Waals surface area contributed by atoms with Gasteiger partial charge in [0.05, 0.1) is 7.05 Å². The molecule has 0 aromatic carbocycles. The molecule has 0 aliphatic carbocycles. The quantitative estimate of drug-likeness (QED) is 0.665. The molecule has 1 N–H and O–H groups in total. The first-order valence-corrected chi connectivity index (χ1v) is 6.71. The fraction of sp³-hybridized carbons (Fsp3) is 0.538. The molecule has 1 aromatic rings. The molecule has 2 rings (SSSR count). The van der Waals surface area contributed by atoms with Crippen LogP contribution in [0.15, 0.2) is 12.1 Å². The van der Waals surface area contributed by atoms with Crippen LogP contribution in [0.2, 0.25) is 0 Å². The molecule has 1 atom stereocenters. The molecule has 1 aliphatic rings. The SMILES string of the molecule is Cn1c(C(=O)N2CCCC(CC(=O)O)C2)ccc1[N+](=O)[O-]. The van der Waals surface area contributed by atoms with Gasteiger partial charge in [-0.3, -0.25) is 9.59 Å². The zero-order valence-corrected chi connectivity index (χ0v) is 11.7. The van der Waals surface area contributed by atoms with E-state index in [0.29, 0.717) is 13.1 Å². The van der Waals surface area contributed by atoms with E-state index in [1.165, 1.54) is 23.7 Å². The Morgan fingerprint density at radius 2 is 2.19 bits per heavy atom. The maximum Gasteiger partial charge on any atom is 0.323 e. The molecule has 0 saturated carbocycles. The van der Waals surface area contributed by atoms with Gasteiger partial charge in [0.15, 0.2) is 5.69 Å². The zero-order chi connectivity index (χ0) is 15.6. The number of aliphatic carboxylic acids is 1. The van der Waals surface area contributed by atoms with E-state index in [9.17, 15) is 19.7 Å². The lowest BCUT2D eigenvalue weighted by atomic mass is 9.94. The molecule has 114 valence electrons. The van der Waals surface area contributed by atoms with Gasteiger partial charge in [-0.25, -0.2) is 4.57 Å². The Kier molecular flexibility index (Phi) is 4.25. The number of hydrogen-bond acceptors (Lipinski definition) is 4. The normalized spacial score (nSPS) is 18.5. The molecule has 1 unspecified atom stereocenters. The first-order valence-electron chi connectivity index (χ1n) is 6.71. The number of likely N-dealkylation sites (tertiary alicyclic amines) is 1. The Balaban J connectivity index is 2.12. The van der Waals surface area contributed by atoms with Crippen molar-refractivity contribution in [1.82, 2.24) is 9.47 Å². The number of nitrogens with zero attached hydrogens (tertiary/aromatic N) is 3.